The van der Waals surface area contributed by atoms with E-state index in [0.29, 0.717) is 28.4 Å². The van der Waals surface area contributed by atoms with Gasteiger partial charge in [0.1, 0.15) is 18.1 Å². The Morgan fingerprint density at radius 3 is 2.29 bits per heavy atom. The Bertz CT molecular complexity index is 1190. The molecule has 9 heteroatoms. The summed E-state index contributed by atoms with van der Waals surface area (Å²) in [6.45, 7) is 0.172. The zero-order valence-corrected chi connectivity index (χ0v) is 19.0. The molecular formula is C26H23F3O6. The summed E-state index contributed by atoms with van der Waals surface area (Å²) in [6, 6.07) is 14.8. The van der Waals surface area contributed by atoms with Gasteiger partial charge in [0.2, 0.25) is 5.75 Å². The van der Waals surface area contributed by atoms with Crippen molar-refractivity contribution in [2.75, 3.05) is 20.8 Å². The van der Waals surface area contributed by atoms with Crippen molar-refractivity contribution in [1.29, 1.82) is 0 Å². The van der Waals surface area contributed by atoms with Crippen molar-refractivity contribution < 1.29 is 42.0 Å². The molecule has 0 heterocycles. The van der Waals surface area contributed by atoms with Crippen LogP contribution in [0.4, 0.5) is 13.2 Å². The van der Waals surface area contributed by atoms with Gasteiger partial charge in [0.25, 0.3) is 0 Å². The monoisotopic (exact) mass is 488 g/mol. The SMILES string of the molecule is COc1ccc(CC(=O)O)c(OC)c1Oc1cccc(OC/C=C/c2ccc(C(F)(F)F)cc2)c1. The Morgan fingerprint density at radius 1 is 0.943 bits per heavy atom. The van der Waals surface area contributed by atoms with Gasteiger partial charge in [-0.25, -0.2) is 0 Å². The average Bonchev–Trinajstić information content (AvgIpc) is 2.82. The number of alkyl halides is 3. The Balaban J connectivity index is 1.70. The second-order valence-corrected chi connectivity index (χ2v) is 7.27. The molecule has 0 amide bonds. The maximum Gasteiger partial charge on any atom is 0.416 e. The van der Waals surface area contributed by atoms with Crippen molar-refractivity contribution in [1.82, 2.24) is 0 Å². The van der Waals surface area contributed by atoms with Crippen LogP contribution in [0.2, 0.25) is 0 Å². The summed E-state index contributed by atoms with van der Waals surface area (Å²) in [6.07, 6.45) is -1.29. The van der Waals surface area contributed by atoms with E-state index in [2.05, 4.69) is 0 Å². The quantitative estimate of drug-likeness (QED) is 0.365. The zero-order chi connectivity index (χ0) is 25.4. The summed E-state index contributed by atoms with van der Waals surface area (Å²) in [4.78, 5) is 11.2. The van der Waals surface area contributed by atoms with E-state index in [4.69, 9.17) is 24.1 Å². The fraction of sp³-hybridized carbons (Fsp3) is 0.192. The number of hydrogen-bond donors (Lipinski definition) is 1. The molecule has 0 aliphatic rings. The van der Waals surface area contributed by atoms with Crippen molar-refractivity contribution in [3.05, 3.63) is 83.4 Å². The first-order valence-corrected chi connectivity index (χ1v) is 10.4. The summed E-state index contributed by atoms with van der Waals surface area (Å²) >= 11 is 0. The van der Waals surface area contributed by atoms with Gasteiger partial charge in [0.15, 0.2) is 11.5 Å². The molecule has 0 unspecified atom stereocenters. The maximum absolute atomic E-state index is 12.7. The predicted molar refractivity (Wildman–Crippen MR) is 123 cm³/mol. The highest BCUT2D eigenvalue weighted by Crippen LogP contribution is 2.43. The molecule has 0 aliphatic carbocycles. The molecule has 0 fully saturated rings. The molecule has 1 N–H and O–H groups in total. The zero-order valence-electron chi connectivity index (χ0n) is 19.0. The van der Waals surface area contributed by atoms with Crippen LogP contribution in [0.15, 0.2) is 66.7 Å². The van der Waals surface area contributed by atoms with E-state index >= 15 is 0 Å². The molecule has 184 valence electrons. The number of benzene rings is 3. The van der Waals surface area contributed by atoms with E-state index in [9.17, 15) is 18.0 Å². The van der Waals surface area contributed by atoms with Crippen molar-refractivity contribution in [3.63, 3.8) is 0 Å². The first kappa shape index (κ1) is 25.5. The normalized spacial score (nSPS) is 11.3. The number of aliphatic carboxylic acids is 1. The molecular weight excluding hydrogens is 465 g/mol. The van der Waals surface area contributed by atoms with Crippen LogP contribution in [0.3, 0.4) is 0 Å². The van der Waals surface area contributed by atoms with Crippen molar-refractivity contribution in [2.45, 2.75) is 12.6 Å². The second-order valence-electron chi connectivity index (χ2n) is 7.27. The highest BCUT2D eigenvalue weighted by Gasteiger charge is 2.29. The summed E-state index contributed by atoms with van der Waals surface area (Å²) in [5.41, 5.74) is 0.334. The molecule has 0 atom stereocenters. The highest BCUT2D eigenvalue weighted by atomic mass is 19.4. The smallest absolute Gasteiger partial charge is 0.416 e. The Morgan fingerprint density at radius 2 is 1.66 bits per heavy atom. The van der Waals surface area contributed by atoms with Gasteiger partial charge < -0.3 is 24.1 Å². The third-order valence-corrected chi connectivity index (χ3v) is 4.84. The molecule has 35 heavy (non-hydrogen) atoms. The Kier molecular flexibility index (Phi) is 8.25. The molecule has 0 radical (unpaired) electrons. The van der Waals surface area contributed by atoms with Crippen LogP contribution in [0.5, 0.6) is 28.7 Å². The van der Waals surface area contributed by atoms with Gasteiger partial charge in [0, 0.05) is 11.6 Å². The number of hydrogen-bond acceptors (Lipinski definition) is 5. The lowest BCUT2D eigenvalue weighted by Gasteiger charge is -2.17. The van der Waals surface area contributed by atoms with Gasteiger partial charge in [-0.3, -0.25) is 4.79 Å². The van der Waals surface area contributed by atoms with Gasteiger partial charge in [-0.05, 0) is 42.0 Å². The lowest BCUT2D eigenvalue weighted by Crippen LogP contribution is -2.04. The van der Waals surface area contributed by atoms with E-state index in [-0.39, 0.29) is 24.5 Å². The van der Waals surface area contributed by atoms with E-state index in [1.165, 1.54) is 26.4 Å². The first-order chi connectivity index (χ1) is 16.7. The summed E-state index contributed by atoms with van der Waals surface area (Å²) < 4.78 is 60.4. The third kappa shape index (κ3) is 6.92. The number of halogens is 3. The van der Waals surface area contributed by atoms with Crippen LogP contribution < -0.4 is 18.9 Å². The van der Waals surface area contributed by atoms with E-state index < -0.39 is 17.7 Å². The molecule has 3 rings (SSSR count). The van der Waals surface area contributed by atoms with Crippen LogP contribution in [0, 0.1) is 0 Å². The van der Waals surface area contributed by atoms with Crippen LogP contribution in [-0.2, 0) is 17.4 Å². The molecule has 3 aromatic rings. The second kappa shape index (κ2) is 11.3. The number of methoxy groups -OCH3 is 2. The molecule has 0 aliphatic heterocycles. The highest BCUT2D eigenvalue weighted by molar-refractivity contribution is 5.73. The molecule has 0 aromatic heterocycles. The number of carboxylic acid groups (broad SMARTS) is 1. The van der Waals surface area contributed by atoms with E-state index in [1.54, 1.807) is 48.6 Å². The van der Waals surface area contributed by atoms with Crippen LogP contribution in [0.1, 0.15) is 16.7 Å². The molecule has 0 bridgehead atoms. The summed E-state index contributed by atoms with van der Waals surface area (Å²) in [7, 11) is 2.87. The lowest BCUT2D eigenvalue weighted by molar-refractivity contribution is -0.138. The van der Waals surface area contributed by atoms with Crippen molar-refractivity contribution in [2.24, 2.45) is 0 Å². The van der Waals surface area contributed by atoms with E-state index in [1.807, 2.05) is 0 Å². The lowest BCUT2D eigenvalue weighted by atomic mass is 10.1. The minimum Gasteiger partial charge on any atom is -0.493 e. The Labute approximate surface area is 200 Å². The minimum atomic E-state index is -4.37. The Hall–Kier alpha value is -4.14. The van der Waals surface area contributed by atoms with Crippen LogP contribution in [0.25, 0.3) is 6.08 Å². The van der Waals surface area contributed by atoms with Crippen LogP contribution in [-0.4, -0.2) is 31.9 Å². The number of carbonyl (C=O) groups is 1. The van der Waals surface area contributed by atoms with E-state index in [0.717, 1.165) is 12.1 Å². The molecule has 3 aromatic carbocycles. The third-order valence-electron chi connectivity index (χ3n) is 4.84. The number of rotatable bonds is 10. The molecule has 6 nitrogen and oxygen atoms in total. The number of carboxylic acids is 1. The molecule has 0 spiro atoms. The van der Waals surface area contributed by atoms with Gasteiger partial charge in [-0.15, -0.1) is 0 Å². The van der Waals surface area contributed by atoms with Crippen molar-refractivity contribution >= 4 is 12.0 Å². The maximum atomic E-state index is 12.7. The van der Waals surface area contributed by atoms with Gasteiger partial charge >= 0.3 is 12.1 Å². The topological polar surface area (TPSA) is 74.2 Å². The molecule has 0 saturated carbocycles. The fourth-order valence-corrected chi connectivity index (χ4v) is 3.23. The number of ether oxygens (including phenoxy) is 4. The summed E-state index contributed by atoms with van der Waals surface area (Å²) in [5.74, 6) is 0.712. The first-order valence-electron chi connectivity index (χ1n) is 10.4. The van der Waals surface area contributed by atoms with Gasteiger partial charge in [-0.2, -0.15) is 13.2 Å². The fourth-order valence-electron chi connectivity index (χ4n) is 3.23. The predicted octanol–water partition coefficient (Wildman–Crippen LogP) is 6.23. The summed E-state index contributed by atoms with van der Waals surface area (Å²) in [5, 5.41) is 9.16. The molecule has 0 saturated heterocycles. The van der Waals surface area contributed by atoms with Crippen molar-refractivity contribution in [3.8, 4) is 28.7 Å². The largest absolute Gasteiger partial charge is 0.493 e. The minimum absolute atomic E-state index is 0.172. The van der Waals surface area contributed by atoms with Crippen LogP contribution >= 0.6 is 0 Å². The standard InChI is InChI=1S/C26H23F3O6/c1-32-22-13-10-18(15-23(30)31)24(33-2)25(22)35-21-7-3-6-20(16-21)34-14-4-5-17-8-11-19(12-9-17)26(27,28)29/h3-13,16H,14-15H2,1-2H3,(H,30,31)/b5-4+. The van der Waals surface area contributed by atoms with Gasteiger partial charge in [-0.1, -0.05) is 30.3 Å². The van der Waals surface area contributed by atoms with Gasteiger partial charge in [0.05, 0.1) is 26.2 Å². The average molecular weight is 488 g/mol.